The summed E-state index contributed by atoms with van der Waals surface area (Å²) in [7, 11) is 0. The first kappa shape index (κ1) is 12.1. The van der Waals surface area contributed by atoms with Gasteiger partial charge in [-0.3, -0.25) is 0 Å². The number of benzene rings is 1. The van der Waals surface area contributed by atoms with E-state index in [1.54, 1.807) is 0 Å². The lowest BCUT2D eigenvalue weighted by Gasteiger charge is -2.16. The Hall–Kier alpha value is -0.380. The average molecular weight is 284 g/mol. The van der Waals surface area contributed by atoms with Crippen molar-refractivity contribution in [2.75, 3.05) is 19.8 Å². The first-order valence-corrected chi connectivity index (χ1v) is 6.61. The van der Waals surface area contributed by atoms with Crippen LogP contribution in [0.25, 0.3) is 0 Å². The molecule has 1 aliphatic rings. The maximum absolute atomic E-state index is 5.36. The Morgan fingerprint density at radius 1 is 1.44 bits per heavy atom. The third kappa shape index (κ3) is 3.30. The van der Waals surface area contributed by atoms with Crippen LogP contribution in [-0.2, 0) is 4.74 Å². The third-order valence-electron chi connectivity index (χ3n) is 3.11. The quantitative estimate of drug-likeness (QED) is 0.917. The zero-order valence-electron chi connectivity index (χ0n) is 9.58. The number of halogens is 1. The van der Waals surface area contributed by atoms with Gasteiger partial charge in [0.2, 0.25) is 0 Å². The van der Waals surface area contributed by atoms with Crippen molar-refractivity contribution in [1.29, 1.82) is 0 Å². The van der Waals surface area contributed by atoms with Gasteiger partial charge in [-0.1, -0.05) is 28.1 Å². The van der Waals surface area contributed by atoms with Crippen molar-refractivity contribution in [3.63, 3.8) is 0 Å². The van der Waals surface area contributed by atoms with Gasteiger partial charge in [-0.15, -0.1) is 0 Å². The summed E-state index contributed by atoms with van der Waals surface area (Å²) in [5.41, 5.74) is 1.34. The largest absolute Gasteiger partial charge is 0.381 e. The van der Waals surface area contributed by atoms with Crippen molar-refractivity contribution in [1.82, 2.24) is 5.32 Å². The molecule has 16 heavy (non-hydrogen) atoms. The first-order chi connectivity index (χ1) is 7.75. The van der Waals surface area contributed by atoms with E-state index in [9.17, 15) is 0 Å². The van der Waals surface area contributed by atoms with Gasteiger partial charge >= 0.3 is 0 Å². The molecule has 0 aromatic heterocycles. The summed E-state index contributed by atoms with van der Waals surface area (Å²) >= 11 is 3.45. The van der Waals surface area contributed by atoms with E-state index in [-0.39, 0.29) is 0 Å². The molecule has 0 bridgehead atoms. The van der Waals surface area contributed by atoms with E-state index in [1.165, 1.54) is 12.0 Å². The fourth-order valence-corrected chi connectivity index (χ4v) is 2.22. The fraction of sp³-hybridized carbons (Fsp3) is 0.538. The van der Waals surface area contributed by atoms with Gasteiger partial charge in [0.05, 0.1) is 6.61 Å². The van der Waals surface area contributed by atoms with Gasteiger partial charge in [0.1, 0.15) is 0 Å². The number of rotatable bonds is 4. The standard InChI is InChI=1S/C13H18BrNO/c1-10(12-2-4-13(14)5-3-12)15-8-11-6-7-16-9-11/h2-5,10-11,15H,6-9H2,1H3/t10-,11?/m0/s1. The highest BCUT2D eigenvalue weighted by Crippen LogP contribution is 2.18. The minimum atomic E-state index is 0.411. The lowest BCUT2D eigenvalue weighted by Crippen LogP contribution is -2.25. The number of ether oxygens (including phenoxy) is 1. The molecule has 88 valence electrons. The topological polar surface area (TPSA) is 21.3 Å². The second-order valence-corrected chi connectivity index (χ2v) is 5.33. The molecular weight excluding hydrogens is 266 g/mol. The van der Waals surface area contributed by atoms with Gasteiger partial charge in [0.15, 0.2) is 0 Å². The molecule has 1 fully saturated rings. The molecule has 1 aliphatic heterocycles. The van der Waals surface area contributed by atoms with E-state index in [0.29, 0.717) is 12.0 Å². The molecular formula is C13H18BrNO. The van der Waals surface area contributed by atoms with E-state index in [1.807, 2.05) is 0 Å². The van der Waals surface area contributed by atoms with Gasteiger partial charge in [-0.25, -0.2) is 0 Å². The van der Waals surface area contributed by atoms with E-state index >= 15 is 0 Å². The summed E-state index contributed by atoms with van der Waals surface area (Å²) in [6, 6.07) is 8.91. The molecule has 0 saturated carbocycles. The molecule has 1 N–H and O–H groups in total. The molecule has 0 amide bonds. The maximum Gasteiger partial charge on any atom is 0.0507 e. The van der Waals surface area contributed by atoms with Crippen molar-refractivity contribution in [3.05, 3.63) is 34.3 Å². The van der Waals surface area contributed by atoms with Gasteiger partial charge in [-0.05, 0) is 37.0 Å². The molecule has 0 aliphatic carbocycles. The van der Waals surface area contributed by atoms with Gasteiger partial charge in [0.25, 0.3) is 0 Å². The molecule has 1 saturated heterocycles. The molecule has 2 atom stereocenters. The summed E-state index contributed by atoms with van der Waals surface area (Å²) < 4.78 is 6.50. The zero-order chi connectivity index (χ0) is 11.4. The Kier molecular flexibility index (Phi) is 4.38. The van der Waals surface area contributed by atoms with Crippen molar-refractivity contribution in [3.8, 4) is 0 Å². The SMILES string of the molecule is C[C@H](NCC1CCOC1)c1ccc(Br)cc1. The Bertz CT molecular complexity index is 319. The van der Waals surface area contributed by atoms with Crippen LogP contribution < -0.4 is 5.32 Å². The zero-order valence-corrected chi connectivity index (χ0v) is 11.2. The summed E-state index contributed by atoms with van der Waals surface area (Å²) in [6.45, 7) is 5.11. The molecule has 0 radical (unpaired) electrons. The Labute approximate surface area is 106 Å². The van der Waals surface area contributed by atoms with Gasteiger partial charge < -0.3 is 10.1 Å². The lowest BCUT2D eigenvalue weighted by molar-refractivity contribution is 0.184. The molecule has 1 aromatic carbocycles. The minimum absolute atomic E-state index is 0.411. The highest BCUT2D eigenvalue weighted by atomic mass is 79.9. The molecule has 1 aromatic rings. The predicted octanol–water partition coefficient (Wildman–Crippen LogP) is 3.14. The minimum Gasteiger partial charge on any atom is -0.381 e. The van der Waals surface area contributed by atoms with Crippen molar-refractivity contribution in [2.45, 2.75) is 19.4 Å². The van der Waals surface area contributed by atoms with Gasteiger partial charge in [0, 0.05) is 23.7 Å². The fourth-order valence-electron chi connectivity index (χ4n) is 1.96. The highest BCUT2D eigenvalue weighted by molar-refractivity contribution is 9.10. The summed E-state index contributed by atoms with van der Waals surface area (Å²) in [4.78, 5) is 0. The van der Waals surface area contributed by atoms with Crippen molar-refractivity contribution in [2.24, 2.45) is 5.92 Å². The molecule has 2 nitrogen and oxygen atoms in total. The van der Waals surface area contributed by atoms with E-state index in [0.717, 1.165) is 24.2 Å². The summed E-state index contributed by atoms with van der Waals surface area (Å²) in [6.07, 6.45) is 1.19. The number of hydrogen-bond acceptors (Lipinski definition) is 2. The van der Waals surface area contributed by atoms with Crippen molar-refractivity contribution < 1.29 is 4.74 Å². The van der Waals surface area contributed by atoms with Crippen LogP contribution in [0.1, 0.15) is 24.9 Å². The second kappa shape index (κ2) is 5.80. The average Bonchev–Trinajstić information content (AvgIpc) is 2.80. The lowest BCUT2D eigenvalue weighted by atomic mass is 10.1. The summed E-state index contributed by atoms with van der Waals surface area (Å²) in [5.74, 6) is 0.692. The van der Waals surface area contributed by atoms with Crippen LogP contribution in [0, 0.1) is 5.92 Å². The van der Waals surface area contributed by atoms with E-state index in [4.69, 9.17) is 4.74 Å². The monoisotopic (exact) mass is 283 g/mol. The van der Waals surface area contributed by atoms with Crippen LogP contribution in [0.2, 0.25) is 0 Å². The highest BCUT2D eigenvalue weighted by Gasteiger charge is 2.16. The number of hydrogen-bond donors (Lipinski definition) is 1. The van der Waals surface area contributed by atoms with E-state index < -0.39 is 0 Å². The predicted molar refractivity (Wildman–Crippen MR) is 69.5 cm³/mol. The third-order valence-corrected chi connectivity index (χ3v) is 3.64. The second-order valence-electron chi connectivity index (χ2n) is 4.41. The van der Waals surface area contributed by atoms with Crippen LogP contribution in [-0.4, -0.2) is 19.8 Å². The Morgan fingerprint density at radius 3 is 2.81 bits per heavy atom. The normalized spacial score (nSPS) is 22.2. The van der Waals surface area contributed by atoms with Crippen LogP contribution in [0.3, 0.4) is 0 Å². The molecule has 3 heteroatoms. The van der Waals surface area contributed by atoms with Crippen molar-refractivity contribution >= 4 is 15.9 Å². The number of nitrogens with one attached hydrogen (secondary N) is 1. The Morgan fingerprint density at radius 2 is 2.19 bits per heavy atom. The van der Waals surface area contributed by atoms with Crippen LogP contribution in [0.5, 0.6) is 0 Å². The molecule has 2 rings (SSSR count). The van der Waals surface area contributed by atoms with Gasteiger partial charge in [-0.2, -0.15) is 0 Å². The maximum atomic E-state index is 5.36. The molecule has 1 heterocycles. The van der Waals surface area contributed by atoms with E-state index in [2.05, 4.69) is 52.4 Å². The first-order valence-electron chi connectivity index (χ1n) is 5.82. The van der Waals surface area contributed by atoms with Crippen LogP contribution in [0.4, 0.5) is 0 Å². The smallest absolute Gasteiger partial charge is 0.0507 e. The van der Waals surface area contributed by atoms with Crippen LogP contribution in [0.15, 0.2) is 28.7 Å². The van der Waals surface area contributed by atoms with Crippen LogP contribution >= 0.6 is 15.9 Å². The Balaban J connectivity index is 1.82. The molecule has 1 unspecified atom stereocenters. The molecule has 0 spiro atoms. The summed E-state index contributed by atoms with van der Waals surface area (Å²) in [5, 5.41) is 3.56.